The van der Waals surface area contributed by atoms with Gasteiger partial charge in [-0.05, 0) is 32.1 Å². The van der Waals surface area contributed by atoms with Crippen LogP contribution in [0.2, 0.25) is 0 Å². The summed E-state index contributed by atoms with van der Waals surface area (Å²) < 4.78 is 2.33. The van der Waals surface area contributed by atoms with Gasteiger partial charge < -0.3 is 4.57 Å². The van der Waals surface area contributed by atoms with E-state index in [1.807, 2.05) is 6.33 Å². The van der Waals surface area contributed by atoms with Gasteiger partial charge in [0.25, 0.3) is 0 Å². The third kappa shape index (κ3) is 1.26. The average Bonchev–Trinajstić information content (AvgIpc) is 2.50. The predicted octanol–water partition coefficient (Wildman–Crippen LogP) is 2.17. The van der Waals surface area contributed by atoms with E-state index in [1.54, 1.807) is 0 Å². The Kier molecular flexibility index (Phi) is 2.15. The zero-order valence-electron chi connectivity index (χ0n) is 7.71. The summed E-state index contributed by atoms with van der Waals surface area (Å²) in [6, 6.07) is 0. The molecule has 2 nitrogen and oxygen atoms in total. The Labute approximate surface area is 73.6 Å². The maximum absolute atomic E-state index is 4.44. The maximum Gasteiger partial charge on any atom is 0.0951 e. The normalized spacial score (nSPS) is 16.1. The molecule has 1 aliphatic carbocycles. The fourth-order valence-electron chi connectivity index (χ4n) is 1.96. The van der Waals surface area contributed by atoms with Gasteiger partial charge in [0, 0.05) is 12.2 Å². The molecule has 1 aromatic heterocycles. The lowest BCUT2D eigenvalue weighted by Crippen LogP contribution is -2.07. The molecule has 0 spiro atoms. The zero-order valence-corrected chi connectivity index (χ0v) is 7.71. The van der Waals surface area contributed by atoms with Gasteiger partial charge in [-0.3, -0.25) is 0 Å². The Hall–Kier alpha value is -0.790. The molecule has 0 bridgehead atoms. The maximum atomic E-state index is 4.44. The number of hydrogen-bond donors (Lipinski definition) is 0. The Morgan fingerprint density at radius 2 is 2.25 bits per heavy atom. The third-order valence-electron chi connectivity index (χ3n) is 2.57. The summed E-state index contributed by atoms with van der Waals surface area (Å²) in [7, 11) is 0. The molecule has 0 amide bonds. The van der Waals surface area contributed by atoms with Gasteiger partial charge in [-0.25, -0.2) is 4.98 Å². The van der Waals surface area contributed by atoms with E-state index >= 15 is 0 Å². The van der Waals surface area contributed by atoms with Gasteiger partial charge >= 0.3 is 0 Å². The van der Waals surface area contributed by atoms with Crippen molar-refractivity contribution < 1.29 is 0 Å². The molecule has 2 heteroatoms. The molecule has 0 aliphatic heterocycles. The van der Waals surface area contributed by atoms with Crippen molar-refractivity contribution >= 4 is 0 Å². The first kappa shape index (κ1) is 7.84. The molecule has 1 aromatic rings. The highest BCUT2D eigenvalue weighted by molar-refractivity contribution is 5.16. The summed E-state index contributed by atoms with van der Waals surface area (Å²) in [6.07, 6.45) is 8.35. The van der Waals surface area contributed by atoms with Gasteiger partial charge in [0.15, 0.2) is 0 Å². The number of rotatable bonds is 2. The van der Waals surface area contributed by atoms with E-state index in [9.17, 15) is 0 Å². The predicted molar refractivity (Wildman–Crippen MR) is 49.2 cm³/mol. The van der Waals surface area contributed by atoms with Crippen LogP contribution < -0.4 is 0 Å². The molecule has 0 fully saturated rings. The highest BCUT2D eigenvalue weighted by Gasteiger charge is 2.13. The Balaban J connectivity index is 2.25. The summed E-state index contributed by atoms with van der Waals surface area (Å²) in [5.41, 5.74) is 2.86. The van der Waals surface area contributed by atoms with Gasteiger partial charge in [0.05, 0.1) is 12.0 Å². The zero-order chi connectivity index (χ0) is 8.39. The van der Waals surface area contributed by atoms with Crippen molar-refractivity contribution in [3.8, 4) is 0 Å². The minimum atomic E-state index is 1.14. The first-order chi connectivity index (χ1) is 5.92. The number of aryl methyl sites for hydroxylation is 2. The van der Waals surface area contributed by atoms with E-state index in [0.717, 1.165) is 6.54 Å². The molecule has 0 aromatic carbocycles. The smallest absolute Gasteiger partial charge is 0.0951 e. The van der Waals surface area contributed by atoms with Crippen LogP contribution in [0.4, 0.5) is 0 Å². The molecule has 2 rings (SSSR count). The van der Waals surface area contributed by atoms with E-state index in [0.29, 0.717) is 0 Å². The molecule has 0 saturated heterocycles. The van der Waals surface area contributed by atoms with Crippen LogP contribution in [0.1, 0.15) is 37.6 Å². The quantitative estimate of drug-likeness (QED) is 0.655. The lowest BCUT2D eigenvalue weighted by molar-refractivity contribution is 0.596. The second-order valence-electron chi connectivity index (χ2n) is 3.54. The topological polar surface area (TPSA) is 17.8 Å². The lowest BCUT2D eigenvalue weighted by atomic mass is 10.0. The van der Waals surface area contributed by atoms with Gasteiger partial charge in [-0.2, -0.15) is 0 Å². The molecule has 1 aliphatic rings. The molecule has 0 N–H and O–H groups in total. The third-order valence-corrected chi connectivity index (χ3v) is 2.57. The summed E-state index contributed by atoms with van der Waals surface area (Å²) in [4.78, 5) is 4.44. The summed E-state index contributed by atoms with van der Waals surface area (Å²) >= 11 is 0. The average molecular weight is 164 g/mol. The highest BCUT2D eigenvalue weighted by Crippen LogP contribution is 2.19. The molecule has 0 saturated carbocycles. The molecule has 66 valence electrons. The molecular formula is C10H16N2. The van der Waals surface area contributed by atoms with Crippen molar-refractivity contribution in [1.82, 2.24) is 9.55 Å². The molecule has 0 radical (unpaired) electrons. The van der Waals surface area contributed by atoms with E-state index in [4.69, 9.17) is 0 Å². The Morgan fingerprint density at radius 1 is 1.42 bits per heavy atom. The van der Waals surface area contributed by atoms with Crippen molar-refractivity contribution in [3.05, 3.63) is 17.7 Å². The summed E-state index contributed by atoms with van der Waals surface area (Å²) in [5.74, 6) is 0. The van der Waals surface area contributed by atoms with Crippen molar-refractivity contribution in [3.63, 3.8) is 0 Å². The largest absolute Gasteiger partial charge is 0.334 e. The molecule has 12 heavy (non-hydrogen) atoms. The van der Waals surface area contributed by atoms with Gasteiger partial charge in [-0.1, -0.05) is 6.92 Å². The van der Waals surface area contributed by atoms with Crippen LogP contribution in [0, 0.1) is 0 Å². The second-order valence-corrected chi connectivity index (χ2v) is 3.54. The second kappa shape index (κ2) is 3.30. The number of nitrogens with zero attached hydrogens (tertiary/aromatic N) is 2. The first-order valence-electron chi connectivity index (χ1n) is 4.94. The number of imidazole rings is 1. The standard InChI is InChI=1S/C10H16N2/c1-2-7-12-8-11-9-5-3-4-6-10(9)12/h8H,2-7H2,1H3. The molecule has 0 unspecified atom stereocenters. The van der Waals surface area contributed by atoms with Crippen molar-refractivity contribution in [1.29, 1.82) is 0 Å². The Morgan fingerprint density at radius 3 is 3.08 bits per heavy atom. The number of aromatic nitrogens is 2. The monoisotopic (exact) mass is 164 g/mol. The Bertz CT molecular complexity index is 263. The number of hydrogen-bond acceptors (Lipinski definition) is 1. The lowest BCUT2D eigenvalue weighted by Gasteiger charge is -2.12. The highest BCUT2D eigenvalue weighted by atomic mass is 15.1. The fraction of sp³-hybridized carbons (Fsp3) is 0.700. The summed E-state index contributed by atoms with van der Waals surface area (Å²) in [6.45, 7) is 3.36. The van der Waals surface area contributed by atoms with Crippen LogP contribution in [0.5, 0.6) is 0 Å². The van der Waals surface area contributed by atoms with Gasteiger partial charge in [0.1, 0.15) is 0 Å². The van der Waals surface area contributed by atoms with Crippen molar-refractivity contribution in [2.24, 2.45) is 0 Å². The van der Waals surface area contributed by atoms with Crippen molar-refractivity contribution in [2.45, 2.75) is 45.6 Å². The van der Waals surface area contributed by atoms with Crippen molar-refractivity contribution in [2.75, 3.05) is 0 Å². The minimum Gasteiger partial charge on any atom is -0.334 e. The van der Waals surface area contributed by atoms with Crippen LogP contribution in [0.15, 0.2) is 6.33 Å². The van der Waals surface area contributed by atoms with E-state index in [1.165, 1.54) is 43.5 Å². The van der Waals surface area contributed by atoms with Gasteiger partial charge in [0.2, 0.25) is 0 Å². The van der Waals surface area contributed by atoms with Crippen LogP contribution in [-0.4, -0.2) is 9.55 Å². The first-order valence-corrected chi connectivity index (χ1v) is 4.94. The van der Waals surface area contributed by atoms with E-state index < -0.39 is 0 Å². The minimum absolute atomic E-state index is 1.14. The van der Waals surface area contributed by atoms with Crippen LogP contribution in [-0.2, 0) is 19.4 Å². The van der Waals surface area contributed by atoms with Crippen LogP contribution in [0.25, 0.3) is 0 Å². The van der Waals surface area contributed by atoms with Gasteiger partial charge in [-0.15, -0.1) is 0 Å². The fourth-order valence-corrected chi connectivity index (χ4v) is 1.96. The van der Waals surface area contributed by atoms with E-state index in [-0.39, 0.29) is 0 Å². The summed E-state index contributed by atoms with van der Waals surface area (Å²) in [5, 5.41) is 0. The molecular weight excluding hydrogens is 148 g/mol. The SMILES string of the molecule is CCCn1cnc2c1CCCC2. The van der Waals surface area contributed by atoms with Crippen LogP contribution in [0.3, 0.4) is 0 Å². The van der Waals surface area contributed by atoms with Crippen LogP contribution >= 0.6 is 0 Å². The number of fused-ring (bicyclic) bond motifs is 1. The molecule has 1 heterocycles. The van der Waals surface area contributed by atoms with E-state index in [2.05, 4.69) is 16.5 Å². The molecule has 0 atom stereocenters.